The highest BCUT2D eigenvalue weighted by Gasteiger charge is 2.27. The quantitative estimate of drug-likeness (QED) is 0.820. The number of hydrogen-bond donors (Lipinski definition) is 0. The van der Waals surface area contributed by atoms with Gasteiger partial charge in [0.15, 0.2) is 0 Å². The lowest BCUT2D eigenvalue weighted by atomic mass is 10.1. The Balaban J connectivity index is 0.000000671. The van der Waals surface area contributed by atoms with Crippen molar-refractivity contribution in [2.75, 3.05) is 37.7 Å². The molecule has 0 bridgehead atoms. The molecule has 2 aliphatic heterocycles. The number of ether oxygens (including phenoxy) is 1. The molecule has 1 amide bonds. The predicted molar refractivity (Wildman–Crippen MR) is 101 cm³/mol. The van der Waals surface area contributed by atoms with E-state index in [-0.39, 0.29) is 5.91 Å². The fourth-order valence-corrected chi connectivity index (χ4v) is 2.70. The molecule has 0 aliphatic carbocycles. The van der Waals surface area contributed by atoms with E-state index in [1.54, 1.807) is 0 Å². The summed E-state index contributed by atoms with van der Waals surface area (Å²) in [5.41, 5.74) is 3.03. The number of anilines is 1. The van der Waals surface area contributed by atoms with E-state index in [2.05, 4.69) is 30.0 Å². The number of hydrogen-bond acceptors (Lipinski definition) is 3. The number of carbonyl (C=O) groups excluding carboxylic acids is 1. The van der Waals surface area contributed by atoms with Crippen LogP contribution in [0.5, 0.6) is 0 Å². The fraction of sp³-hybridized carbons (Fsp3) is 0.550. The van der Waals surface area contributed by atoms with E-state index in [4.69, 9.17) is 4.74 Å². The average Bonchev–Trinajstić information content (AvgIpc) is 2.67. The SMILES string of the molecule is CC.CC.Cc1ccc(N2CCC=C(N3CCOCC3)C2=O)cc1. The molecule has 0 radical (unpaired) electrons. The number of amides is 1. The third-order valence-electron chi connectivity index (χ3n) is 3.85. The lowest BCUT2D eigenvalue weighted by Crippen LogP contribution is -2.45. The molecule has 1 saturated heterocycles. The first kappa shape index (κ1) is 20.2. The van der Waals surface area contributed by atoms with Gasteiger partial charge in [-0.1, -0.05) is 51.5 Å². The molecule has 4 nitrogen and oxygen atoms in total. The van der Waals surface area contributed by atoms with Gasteiger partial charge in [0.1, 0.15) is 0 Å². The van der Waals surface area contributed by atoms with Gasteiger partial charge in [0.2, 0.25) is 0 Å². The summed E-state index contributed by atoms with van der Waals surface area (Å²) in [5.74, 6) is 0.113. The van der Waals surface area contributed by atoms with Crippen LogP contribution in [0.15, 0.2) is 36.0 Å². The molecule has 1 aromatic carbocycles. The molecule has 0 unspecified atom stereocenters. The predicted octanol–water partition coefficient (Wildman–Crippen LogP) is 4.00. The topological polar surface area (TPSA) is 32.8 Å². The molecule has 3 rings (SSSR count). The van der Waals surface area contributed by atoms with E-state index < -0.39 is 0 Å². The van der Waals surface area contributed by atoms with Crippen LogP contribution in [-0.2, 0) is 9.53 Å². The van der Waals surface area contributed by atoms with E-state index in [0.717, 1.165) is 37.4 Å². The monoisotopic (exact) mass is 332 g/mol. The summed E-state index contributed by atoms with van der Waals surface area (Å²) >= 11 is 0. The van der Waals surface area contributed by atoms with E-state index in [1.807, 2.05) is 44.7 Å². The lowest BCUT2D eigenvalue weighted by molar-refractivity contribution is -0.117. The second-order valence-electron chi connectivity index (χ2n) is 5.27. The van der Waals surface area contributed by atoms with Gasteiger partial charge in [-0.15, -0.1) is 0 Å². The van der Waals surface area contributed by atoms with Gasteiger partial charge < -0.3 is 14.5 Å². The molecular weight excluding hydrogens is 300 g/mol. The van der Waals surface area contributed by atoms with Crippen molar-refractivity contribution in [1.82, 2.24) is 4.90 Å². The first-order chi connectivity index (χ1) is 11.8. The van der Waals surface area contributed by atoms with Gasteiger partial charge in [-0.05, 0) is 25.5 Å². The molecule has 0 atom stereocenters. The van der Waals surface area contributed by atoms with Gasteiger partial charge in [0, 0.05) is 25.3 Å². The van der Waals surface area contributed by atoms with Crippen molar-refractivity contribution < 1.29 is 9.53 Å². The smallest absolute Gasteiger partial charge is 0.274 e. The Labute approximate surface area is 147 Å². The van der Waals surface area contributed by atoms with Crippen LogP contribution in [0.4, 0.5) is 5.69 Å². The van der Waals surface area contributed by atoms with Gasteiger partial charge in [0.05, 0.1) is 18.9 Å². The Morgan fingerprint density at radius 3 is 2.08 bits per heavy atom. The third-order valence-corrected chi connectivity index (χ3v) is 3.85. The number of rotatable bonds is 2. The minimum absolute atomic E-state index is 0.113. The van der Waals surface area contributed by atoms with Crippen LogP contribution in [-0.4, -0.2) is 43.7 Å². The fourth-order valence-electron chi connectivity index (χ4n) is 2.70. The maximum atomic E-state index is 12.7. The van der Waals surface area contributed by atoms with Crippen LogP contribution in [0.3, 0.4) is 0 Å². The highest BCUT2D eigenvalue weighted by molar-refractivity contribution is 6.06. The molecule has 134 valence electrons. The van der Waals surface area contributed by atoms with Crippen molar-refractivity contribution in [3.8, 4) is 0 Å². The second-order valence-corrected chi connectivity index (χ2v) is 5.27. The summed E-state index contributed by atoms with van der Waals surface area (Å²) in [4.78, 5) is 16.7. The van der Waals surface area contributed by atoms with Crippen molar-refractivity contribution >= 4 is 11.6 Å². The first-order valence-electron chi connectivity index (χ1n) is 9.17. The molecule has 1 aromatic rings. The molecule has 2 aliphatic rings. The summed E-state index contributed by atoms with van der Waals surface area (Å²) < 4.78 is 5.36. The number of benzene rings is 1. The molecule has 0 aromatic heterocycles. The zero-order valence-electron chi connectivity index (χ0n) is 15.8. The highest BCUT2D eigenvalue weighted by atomic mass is 16.5. The van der Waals surface area contributed by atoms with Gasteiger partial charge in [-0.25, -0.2) is 0 Å². The van der Waals surface area contributed by atoms with Crippen LogP contribution in [0, 0.1) is 6.92 Å². The molecule has 24 heavy (non-hydrogen) atoms. The van der Waals surface area contributed by atoms with Gasteiger partial charge in [-0.3, -0.25) is 4.79 Å². The maximum Gasteiger partial charge on any atom is 0.274 e. The minimum atomic E-state index is 0.113. The Bertz CT molecular complexity index is 517. The molecule has 0 saturated carbocycles. The number of carbonyl (C=O) groups is 1. The molecule has 0 N–H and O–H groups in total. The Hall–Kier alpha value is -1.81. The first-order valence-corrected chi connectivity index (χ1v) is 9.17. The Kier molecular flexibility index (Phi) is 9.16. The zero-order valence-corrected chi connectivity index (χ0v) is 15.8. The zero-order chi connectivity index (χ0) is 17.9. The van der Waals surface area contributed by atoms with Crippen molar-refractivity contribution in [3.63, 3.8) is 0 Å². The van der Waals surface area contributed by atoms with E-state index in [9.17, 15) is 4.79 Å². The summed E-state index contributed by atoms with van der Waals surface area (Å²) in [6, 6.07) is 8.15. The normalized spacial score (nSPS) is 17.2. The van der Waals surface area contributed by atoms with Crippen molar-refractivity contribution in [3.05, 3.63) is 41.6 Å². The maximum absolute atomic E-state index is 12.7. The molecule has 4 heteroatoms. The summed E-state index contributed by atoms with van der Waals surface area (Å²) in [6.07, 6.45) is 2.98. The average molecular weight is 332 g/mol. The van der Waals surface area contributed by atoms with E-state index in [0.29, 0.717) is 13.2 Å². The van der Waals surface area contributed by atoms with Crippen LogP contribution >= 0.6 is 0 Å². The van der Waals surface area contributed by atoms with Crippen molar-refractivity contribution in [1.29, 1.82) is 0 Å². The molecule has 0 spiro atoms. The highest BCUT2D eigenvalue weighted by Crippen LogP contribution is 2.23. The summed E-state index contributed by atoms with van der Waals surface area (Å²) in [5, 5.41) is 0. The standard InChI is InChI=1S/C16H20N2O2.2C2H6/c1-13-4-6-14(7-5-13)18-8-2-3-15(16(18)19)17-9-11-20-12-10-17;2*1-2/h3-7H,2,8-12H2,1H3;2*1-2H3. The Morgan fingerprint density at radius 1 is 0.917 bits per heavy atom. The number of nitrogens with zero attached hydrogens (tertiary/aromatic N) is 2. The summed E-state index contributed by atoms with van der Waals surface area (Å²) in [6.45, 7) is 13.8. The lowest BCUT2D eigenvalue weighted by Gasteiger charge is -2.35. The third kappa shape index (κ3) is 5.10. The number of morpholine rings is 1. The Morgan fingerprint density at radius 2 is 1.50 bits per heavy atom. The second kappa shape index (κ2) is 10.9. The van der Waals surface area contributed by atoms with Gasteiger partial charge >= 0.3 is 0 Å². The number of aryl methyl sites for hydroxylation is 1. The van der Waals surface area contributed by atoms with Crippen LogP contribution in [0.1, 0.15) is 39.7 Å². The van der Waals surface area contributed by atoms with Crippen LogP contribution in [0.25, 0.3) is 0 Å². The molecule has 1 fully saturated rings. The molecule has 2 heterocycles. The van der Waals surface area contributed by atoms with Crippen LogP contribution in [0.2, 0.25) is 0 Å². The van der Waals surface area contributed by atoms with Crippen molar-refractivity contribution in [2.45, 2.75) is 41.0 Å². The van der Waals surface area contributed by atoms with Crippen LogP contribution < -0.4 is 4.90 Å². The largest absolute Gasteiger partial charge is 0.378 e. The van der Waals surface area contributed by atoms with Gasteiger partial charge in [0.25, 0.3) is 5.91 Å². The van der Waals surface area contributed by atoms with E-state index in [1.165, 1.54) is 5.56 Å². The molecular formula is C20H32N2O2. The van der Waals surface area contributed by atoms with Crippen molar-refractivity contribution in [2.24, 2.45) is 0 Å². The summed E-state index contributed by atoms with van der Waals surface area (Å²) in [7, 11) is 0. The minimum Gasteiger partial charge on any atom is -0.378 e. The van der Waals surface area contributed by atoms with Gasteiger partial charge in [-0.2, -0.15) is 0 Å². The van der Waals surface area contributed by atoms with E-state index >= 15 is 0 Å².